The average Bonchev–Trinajstić information content (AvgIpc) is 2.69. The monoisotopic (exact) mass is 308 g/mol. The van der Waals surface area contributed by atoms with Crippen molar-refractivity contribution in [2.24, 2.45) is 0 Å². The highest BCUT2D eigenvalue weighted by Gasteiger charge is 2.07. The number of H-pyrrole nitrogens is 1. The maximum atomic E-state index is 13.2. The van der Waals surface area contributed by atoms with Crippen molar-refractivity contribution in [3.05, 3.63) is 52.6 Å². The van der Waals surface area contributed by atoms with Crippen LogP contribution in [0.25, 0.3) is 22.0 Å². The highest BCUT2D eigenvalue weighted by atomic mass is 79.9. The molecule has 90 valence electrons. The Morgan fingerprint density at radius 3 is 2.39 bits per heavy atom. The van der Waals surface area contributed by atoms with E-state index in [1.165, 1.54) is 12.1 Å². The molecule has 2 aromatic carbocycles. The number of benzene rings is 2. The molecule has 1 N–H and O–H groups in total. The summed E-state index contributed by atoms with van der Waals surface area (Å²) in [6, 6.07) is 8.88. The Kier molecular flexibility index (Phi) is 2.63. The van der Waals surface area contributed by atoms with Crippen LogP contribution in [0.1, 0.15) is 0 Å². The maximum absolute atomic E-state index is 13.2. The molecule has 0 aliphatic rings. The van der Waals surface area contributed by atoms with Crippen LogP contribution >= 0.6 is 15.9 Å². The van der Waals surface area contributed by atoms with Crippen molar-refractivity contribution in [1.29, 1.82) is 0 Å². The average molecular weight is 309 g/mol. The van der Waals surface area contributed by atoms with Crippen LogP contribution in [0, 0.1) is 11.6 Å². The molecule has 3 rings (SSSR count). The smallest absolute Gasteiger partial charge is 0.126 e. The zero-order valence-electron chi connectivity index (χ0n) is 9.05. The molecule has 3 aromatic rings. The molecule has 0 amide bonds. The van der Waals surface area contributed by atoms with Crippen LogP contribution in [-0.4, -0.2) is 10.2 Å². The van der Waals surface area contributed by atoms with Gasteiger partial charge in [-0.1, -0.05) is 6.07 Å². The lowest BCUT2D eigenvalue weighted by molar-refractivity contribution is 0.584. The number of aromatic nitrogens is 2. The minimum absolute atomic E-state index is 0.502. The van der Waals surface area contributed by atoms with Gasteiger partial charge in [0.05, 0.1) is 5.52 Å². The fraction of sp³-hybridized carbons (Fsp3) is 0. The lowest BCUT2D eigenvalue weighted by Gasteiger charge is -2.02. The quantitative estimate of drug-likeness (QED) is 0.714. The Balaban J connectivity index is 2.21. The third-order valence-corrected chi connectivity index (χ3v) is 3.31. The highest BCUT2D eigenvalue weighted by molar-refractivity contribution is 9.10. The van der Waals surface area contributed by atoms with E-state index in [4.69, 9.17) is 0 Å². The zero-order chi connectivity index (χ0) is 12.7. The molecule has 0 atom stereocenters. The first-order chi connectivity index (χ1) is 8.63. The number of nitrogens with zero attached hydrogens (tertiary/aromatic N) is 1. The molecule has 5 heteroatoms. The summed E-state index contributed by atoms with van der Waals surface area (Å²) in [7, 11) is 0. The molecule has 2 nitrogen and oxygen atoms in total. The van der Waals surface area contributed by atoms with Crippen LogP contribution in [0.5, 0.6) is 0 Å². The van der Waals surface area contributed by atoms with E-state index in [0.29, 0.717) is 5.56 Å². The second kappa shape index (κ2) is 4.17. The normalized spacial score (nSPS) is 11.1. The lowest BCUT2D eigenvalue weighted by atomic mass is 10.0. The SMILES string of the molecule is Fc1cc(F)cc(-c2ccc3n[nH]c(Br)c3c2)c1. The Hall–Kier alpha value is -1.75. The predicted octanol–water partition coefficient (Wildman–Crippen LogP) is 4.27. The van der Waals surface area contributed by atoms with E-state index in [1.807, 2.05) is 6.07 Å². The van der Waals surface area contributed by atoms with Gasteiger partial charge in [-0.3, -0.25) is 5.10 Å². The van der Waals surface area contributed by atoms with Gasteiger partial charge in [0, 0.05) is 11.5 Å². The van der Waals surface area contributed by atoms with Crippen LogP contribution in [0.3, 0.4) is 0 Å². The first-order valence-electron chi connectivity index (χ1n) is 5.23. The second-order valence-electron chi connectivity index (χ2n) is 3.93. The molecule has 18 heavy (non-hydrogen) atoms. The van der Waals surface area contributed by atoms with E-state index in [-0.39, 0.29) is 0 Å². The van der Waals surface area contributed by atoms with Gasteiger partial charge in [0.1, 0.15) is 16.2 Å². The van der Waals surface area contributed by atoms with Gasteiger partial charge >= 0.3 is 0 Å². The van der Waals surface area contributed by atoms with Gasteiger partial charge in [-0.25, -0.2) is 8.78 Å². The van der Waals surface area contributed by atoms with E-state index in [0.717, 1.165) is 27.1 Å². The van der Waals surface area contributed by atoms with E-state index in [9.17, 15) is 8.78 Å². The Bertz CT molecular complexity index is 717. The first kappa shape index (κ1) is 11.3. The molecular weight excluding hydrogens is 302 g/mol. The number of fused-ring (bicyclic) bond motifs is 1. The van der Waals surface area contributed by atoms with E-state index in [2.05, 4.69) is 26.1 Å². The van der Waals surface area contributed by atoms with Crippen molar-refractivity contribution in [1.82, 2.24) is 10.2 Å². The van der Waals surface area contributed by atoms with Crippen molar-refractivity contribution in [3.8, 4) is 11.1 Å². The van der Waals surface area contributed by atoms with Gasteiger partial charge in [0.2, 0.25) is 0 Å². The van der Waals surface area contributed by atoms with Gasteiger partial charge in [0.15, 0.2) is 0 Å². The summed E-state index contributed by atoms with van der Waals surface area (Å²) in [6.07, 6.45) is 0. The van der Waals surface area contributed by atoms with Gasteiger partial charge < -0.3 is 0 Å². The molecule has 0 spiro atoms. The fourth-order valence-electron chi connectivity index (χ4n) is 1.88. The minimum Gasteiger partial charge on any atom is -0.270 e. The lowest BCUT2D eigenvalue weighted by Crippen LogP contribution is -1.84. The summed E-state index contributed by atoms with van der Waals surface area (Å²) in [6.45, 7) is 0. The van der Waals surface area contributed by atoms with Crippen molar-refractivity contribution in [2.75, 3.05) is 0 Å². The van der Waals surface area contributed by atoms with Gasteiger partial charge in [-0.2, -0.15) is 5.10 Å². The van der Waals surface area contributed by atoms with Crippen LogP contribution < -0.4 is 0 Å². The molecule has 0 radical (unpaired) electrons. The van der Waals surface area contributed by atoms with Crippen molar-refractivity contribution < 1.29 is 8.78 Å². The van der Waals surface area contributed by atoms with Crippen molar-refractivity contribution in [2.45, 2.75) is 0 Å². The Labute approximate surface area is 110 Å². The number of halogens is 3. The number of aromatic amines is 1. The number of nitrogens with one attached hydrogen (secondary N) is 1. The molecule has 0 saturated carbocycles. The minimum atomic E-state index is -0.587. The Morgan fingerprint density at radius 1 is 0.944 bits per heavy atom. The van der Waals surface area contributed by atoms with E-state index >= 15 is 0 Å². The van der Waals surface area contributed by atoms with Crippen molar-refractivity contribution in [3.63, 3.8) is 0 Å². The zero-order valence-corrected chi connectivity index (χ0v) is 10.6. The summed E-state index contributed by atoms with van der Waals surface area (Å²) < 4.78 is 27.1. The molecule has 0 aliphatic carbocycles. The molecule has 0 bridgehead atoms. The summed E-state index contributed by atoms with van der Waals surface area (Å²) in [4.78, 5) is 0. The summed E-state index contributed by atoms with van der Waals surface area (Å²) in [5.74, 6) is -1.17. The molecule has 0 aliphatic heterocycles. The van der Waals surface area contributed by atoms with E-state index in [1.54, 1.807) is 12.1 Å². The molecule has 0 unspecified atom stereocenters. The van der Waals surface area contributed by atoms with Crippen LogP contribution in [0.4, 0.5) is 8.78 Å². The van der Waals surface area contributed by atoms with Crippen LogP contribution in [-0.2, 0) is 0 Å². The summed E-state index contributed by atoms with van der Waals surface area (Å²) in [5, 5.41) is 7.74. The topological polar surface area (TPSA) is 28.7 Å². The van der Waals surface area contributed by atoms with Crippen LogP contribution in [0.2, 0.25) is 0 Å². The first-order valence-corrected chi connectivity index (χ1v) is 6.03. The summed E-state index contributed by atoms with van der Waals surface area (Å²) >= 11 is 3.34. The number of hydrogen-bond acceptors (Lipinski definition) is 1. The summed E-state index contributed by atoms with van der Waals surface area (Å²) in [5.41, 5.74) is 2.04. The number of hydrogen-bond donors (Lipinski definition) is 1. The maximum Gasteiger partial charge on any atom is 0.126 e. The largest absolute Gasteiger partial charge is 0.270 e. The molecule has 0 saturated heterocycles. The number of rotatable bonds is 1. The van der Waals surface area contributed by atoms with Gasteiger partial charge in [-0.05, 0) is 51.3 Å². The van der Waals surface area contributed by atoms with Crippen LogP contribution in [0.15, 0.2) is 41.0 Å². The third-order valence-electron chi connectivity index (χ3n) is 2.70. The predicted molar refractivity (Wildman–Crippen MR) is 69.1 cm³/mol. The molecule has 0 fully saturated rings. The standard InChI is InChI=1S/C13H7BrF2N2/c14-13-11-5-7(1-2-12(11)17-18-13)8-3-9(15)6-10(16)4-8/h1-6H,(H,17,18). The van der Waals surface area contributed by atoms with Crippen molar-refractivity contribution >= 4 is 26.8 Å². The fourth-order valence-corrected chi connectivity index (χ4v) is 2.29. The molecular formula is C13H7BrF2N2. The van der Waals surface area contributed by atoms with Gasteiger partial charge in [-0.15, -0.1) is 0 Å². The highest BCUT2D eigenvalue weighted by Crippen LogP contribution is 2.28. The third kappa shape index (κ3) is 1.90. The van der Waals surface area contributed by atoms with E-state index < -0.39 is 11.6 Å². The Morgan fingerprint density at radius 2 is 1.67 bits per heavy atom. The molecule has 1 aromatic heterocycles. The van der Waals surface area contributed by atoms with Gasteiger partial charge in [0.25, 0.3) is 0 Å². The second-order valence-corrected chi connectivity index (χ2v) is 4.72. The molecule has 1 heterocycles.